The lowest BCUT2D eigenvalue weighted by atomic mass is 10.0. The number of aryl methyl sites for hydroxylation is 1. The van der Waals surface area contributed by atoms with Crippen LogP contribution in [0.25, 0.3) is 21.3 Å². The van der Waals surface area contributed by atoms with E-state index in [2.05, 4.69) is 62.4 Å². The van der Waals surface area contributed by atoms with E-state index in [1.165, 1.54) is 10.4 Å². The molecule has 6 heteroatoms. The van der Waals surface area contributed by atoms with Crippen LogP contribution in [0.15, 0.2) is 59.3 Å². The van der Waals surface area contributed by atoms with E-state index in [9.17, 15) is 4.79 Å². The number of hydrogen-bond acceptors (Lipinski definition) is 5. The Morgan fingerprint density at radius 1 is 1.07 bits per heavy atom. The van der Waals surface area contributed by atoms with Gasteiger partial charge in [0, 0.05) is 26.2 Å². The van der Waals surface area contributed by atoms with Gasteiger partial charge in [0.05, 0.1) is 5.39 Å². The minimum Gasteiger partial charge on any atom is -0.340 e. The second-order valence-electron chi connectivity index (χ2n) is 6.42. The van der Waals surface area contributed by atoms with Gasteiger partial charge in [-0.3, -0.25) is 4.79 Å². The van der Waals surface area contributed by atoms with Crippen molar-refractivity contribution in [3.63, 3.8) is 0 Å². The molecule has 28 heavy (non-hydrogen) atoms. The van der Waals surface area contributed by atoms with Crippen molar-refractivity contribution in [3.05, 3.63) is 69.8 Å². The lowest BCUT2D eigenvalue weighted by Crippen LogP contribution is -1.97. The second kappa shape index (κ2) is 7.81. The Labute approximate surface area is 175 Å². The quantitative estimate of drug-likeness (QED) is 0.346. The van der Waals surface area contributed by atoms with Gasteiger partial charge in [-0.2, -0.15) is 0 Å². The number of hydrogen-bond donors (Lipinski definition) is 1. The lowest BCUT2D eigenvalue weighted by Gasteiger charge is -2.10. The summed E-state index contributed by atoms with van der Waals surface area (Å²) in [6, 6.07) is 15.8. The molecular weight excluding hydrogens is 434 g/mol. The first-order chi connectivity index (χ1) is 13.6. The van der Waals surface area contributed by atoms with E-state index in [1.54, 1.807) is 24.6 Å². The highest BCUT2D eigenvalue weighted by Crippen LogP contribution is 2.42. The second-order valence-corrected chi connectivity index (χ2v) is 8.42. The molecule has 4 aromatic rings. The Balaban J connectivity index is 1.83. The molecule has 0 amide bonds. The summed E-state index contributed by atoms with van der Waals surface area (Å²) >= 11 is 5.22. The van der Waals surface area contributed by atoms with Crippen LogP contribution in [-0.4, -0.2) is 15.8 Å². The van der Waals surface area contributed by atoms with Crippen LogP contribution in [0.1, 0.15) is 29.1 Å². The monoisotopic (exact) mass is 451 g/mol. The molecule has 0 unspecified atom stereocenters. The number of Topliss-reactive ketones (excluding diaryl/α,β-unsaturated/α-hetero) is 1. The van der Waals surface area contributed by atoms with Gasteiger partial charge < -0.3 is 5.32 Å². The average Bonchev–Trinajstić information content (AvgIpc) is 3.09. The maximum Gasteiger partial charge on any atom is 0.159 e. The van der Waals surface area contributed by atoms with Gasteiger partial charge in [0.25, 0.3) is 0 Å². The first kappa shape index (κ1) is 18.8. The smallest absolute Gasteiger partial charge is 0.159 e. The number of aromatic nitrogens is 2. The van der Waals surface area contributed by atoms with Crippen LogP contribution >= 0.6 is 27.3 Å². The highest BCUT2D eigenvalue weighted by atomic mass is 79.9. The van der Waals surface area contributed by atoms with Gasteiger partial charge in [0.1, 0.15) is 17.0 Å². The normalized spacial score (nSPS) is 11.0. The molecule has 0 aliphatic heterocycles. The first-order valence-electron chi connectivity index (χ1n) is 8.97. The minimum absolute atomic E-state index is 0.0546. The molecule has 0 fully saturated rings. The Morgan fingerprint density at radius 2 is 1.79 bits per heavy atom. The number of benzene rings is 2. The molecule has 4 nitrogen and oxygen atoms in total. The first-order valence-corrected chi connectivity index (χ1v) is 10.6. The van der Waals surface area contributed by atoms with Gasteiger partial charge in [-0.25, -0.2) is 9.97 Å². The molecule has 2 aromatic heterocycles. The standard InChI is InChI=1S/C22H18BrN3OS/c1-3-18-19(15-4-8-16(23)9-5-15)20-21(24-12-25-22(20)28-18)26-17-10-6-14(7-11-17)13(2)27/h4-12H,3H2,1-2H3,(H,24,25,26). The number of carbonyl (C=O) groups excluding carboxylic acids is 1. The van der Waals surface area contributed by atoms with Gasteiger partial charge in [-0.15, -0.1) is 11.3 Å². The predicted molar refractivity (Wildman–Crippen MR) is 120 cm³/mol. The molecule has 0 bridgehead atoms. The molecule has 1 N–H and O–H groups in total. The van der Waals surface area contributed by atoms with Crippen LogP contribution < -0.4 is 5.32 Å². The van der Waals surface area contributed by atoms with Gasteiger partial charge in [0.15, 0.2) is 5.78 Å². The summed E-state index contributed by atoms with van der Waals surface area (Å²) in [7, 11) is 0. The minimum atomic E-state index is 0.0546. The maximum absolute atomic E-state index is 11.5. The topological polar surface area (TPSA) is 54.9 Å². The summed E-state index contributed by atoms with van der Waals surface area (Å²) < 4.78 is 1.05. The van der Waals surface area contributed by atoms with Gasteiger partial charge in [-0.05, 0) is 55.3 Å². The molecular formula is C22H18BrN3OS. The molecule has 0 saturated heterocycles. The third-order valence-electron chi connectivity index (χ3n) is 4.57. The third-order valence-corrected chi connectivity index (χ3v) is 6.34. The highest BCUT2D eigenvalue weighted by molar-refractivity contribution is 9.10. The zero-order valence-electron chi connectivity index (χ0n) is 15.5. The summed E-state index contributed by atoms with van der Waals surface area (Å²) in [5.74, 6) is 0.827. The number of anilines is 2. The van der Waals surface area contributed by atoms with E-state index in [0.29, 0.717) is 5.56 Å². The van der Waals surface area contributed by atoms with Crippen LogP contribution in [0.4, 0.5) is 11.5 Å². The maximum atomic E-state index is 11.5. The van der Waals surface area contributed by atoms with Gasteiger partial charge >= 0.3 is 0 Å². The number of nitrogens with one attached hydrogen (secondary N) is 1. The van der Waals surface area contributed by atoms with Crippen LogP contribution in [-0.2, 0) is 6.42 Å². The van der Waals surface area contributed by atoms with E-state index in [0.717, 1.165) is 38.2 Å². The van der Waals surface area contributed by atoms with Crippen molar-refractivity contribution in [1.82, 2.24) is 9.97 Å². The van der Waals surface area contributed by atoms with Crippen molar-refractivity contribution in [2.75, 3.05) is 5.32 Å². The Hall–Kier alpha value is -2.57. The molecule has 0 atom stereocenters. The summed E-state index contributed by atoms with van der Waals surface area (Å²) in [6.45, 7) is 3.73. The fourth-order valence-electron chi connectivity index (χ4n) is 3.17. The zero-order valence-corrected chi connectivity index (χ0v) is 17.9. The third kappa shape index (κ3) is 3.57. The van der Waals surface area contributed by atoms with Crippen molar-refractivity contribution in [2.45, 2.75) is 20.3 Å². The van der Waals surface area contributed by atoms with Crippen LogP contribution in [0.2, 0.25) is 0 Å². The molecule has 0 aliphatic carbocycles. The highest BCUT2D eigenvalue weighted by Gasteiger charge is 2.18. The summed E-state index contributed by atoms with van der Waals surface area (Å²) in [4.78, 5) is 22.8. The number of carbonyl (C=O) groups is 1. The van der Waals surface area contributed by atoms with Crippen LogP contribution in [0.5, 0.6) is 0 Å². The number of thiophene rings is 1. The van der Waals surface area contributed by atoms with Crippen LogP contribution in [0.3, 0.4) is 0 Å². The van der Waals surface area contributed by atoms with Crippen LogP contribution in [0, 0.1) is 0 Å². The largest absolute Gasteiger partial charge is 0.340 e. The Kier molecular flexibility index (Phi) is 5.24. The van der Waals surface area contributed by atoms with Gasteiger partial charge in [-0.1, -0.05) is 35.0 Å². The van der Waals surface area contributed by atoms with E-state index in [-0.39, 0.29) is 5.78 Å². The molecule has 140 valence electrons. The molecule has 2 aromatic carbocycles. The molecule has 0 radical (unpaired) electrons. The lowest BCUT2D eigenvalue weighted by molar-refractivity contribution is 0.101. The Morgan fingerprint density at radius 3 is 2.43 bits per heavy atom. The van der Waals surface area contributed by atoms with Gasteiger partial charge in [0.2, 0.25) is 0 Å². The van der Waals surface area contributed by atoms with Crippen molar-refractivity contribution in [1.29, 1.82) is 0 Å². The Bertz CT molecular complexity index is 1150. The zero-order chi connectivity index (χ0) is 19.7. The fourth-order valence-corrected chi connectivity index (χ4v) is 4.53. The molecule has 0 saturated carbocycles. The SMILES string of the molecule is CCc1sc2ncnc(Nc3ccc(C(C)=O)cc3)c2c1-c1ccc(Br)cc1. The number of halogens is 1. The number of fused-ring (bicyclic) bond motifs is 1. The number of nitrogens with zero attached hydrogens (tertiary/aromatic N) is 2. The molecule has 0 aliphatic rings. The van der Waals surface area contributed by atoms with Crippen molar-refractivity contribution in [2.24, 2.45) is 0 Å². The summed E-state index contributed by atoms with van der Waals surface area (Å²) in [5, 5.41) is 4.44. The summed E-state index contributed by atoms with van der Waals surface area (Å²) in [6.07, 6.45) is 2.52. The number of rotatable bonds is 5. The van der Waals surface area contributed by atoms with E-state index < -0.39 is 0 Å². The van der Waals surface area contributed by atoms with Crippen molar-refractivity contribution >= 4 is 54.8 Å². The van der Waals surface area contributed by atoms with E-state index in [4.69, 9.17) is 0 Å². The number of ketones is 1. The summed E-state index contributed by atoms with van der Waals surface area (Å²) in [5.41, 5.74) is 3.91. The molecule has 2 heterocycles. The van der Waals surface area contributed by atoms with E-state index >= 15 is 0 Å². The average molecular weight is 452 g/mol. The predicted octanol–water partition coefficient (Wildman–Crippen LogP) is 6.63. The molecule has 4 rings (SSSR count). The van der Waals surface area contributed by atoms with Crippen molar-refractivity contribution in [3.8, 4) is 11.1 Å². The fraction of sp³-hybridized carbons (Fsp3) is 0.136. The molecule has 0 spiro atoms. The van der Waals surface area contributed by atoms with E-state index in [1.807, 2.05) is 24.3 Å². The van der Waals surface area contributed by atoms with Crippen molar-refractivity contribution < 1.29 is 4.79 Å².